The Balaban J connectivity index is 0.00000161. The zero-order valence-electron chi connectivity index (χ0n) is 11.3. The van der Waals surface area contributed by atoms with Gasteiger partial charge in [-0.15, -0.1) is 12.4 Å². The molecule has 0 bridgehead atoms. The fourth-order valence-corrected chi connectivity index (χ4v) is 3.02. The van der Waals surface area contributed by atoms with E-state index >= 15 is 0 Å². The lowest BCUT2D eigenvalue weighted by molar-refractivity contribution is -0.115. The van der Waals surface area contributed by atoms with Crippen LogP contribution in [0.3, 0.4) is 0 Å². The summed E-state index contributed by atoms with van der Waals surface area (Å²) in [6, 6.07) is 7.30. The topological polar surface area (TPSA) is 77.2 Å². The normalized spacial score (nSPS) is 13.1. The van der Waals surface area contributed by atoms with E-state index in [-0.39, 0.29) is 18.3 Å². The van der Waals surface area contributed by atoms with Crippen molar-refractivity contribution in [1.82, 2.24) is 4.98 Å². The van der Waals surface area contributed by atoms with Crippen LogP contribution in [0.2, 0.25) is 0 Å². The van der Waals surface area contributed by atoms with E-state index in [9.17, 15) is 4.79 Å². The van der Waals surface area contributed by atoms with Crippen LogP contribution in [-0.2, 0) is 29.0 Å². The van der Waals surface area contributed by atoms with Crippen LogP contribution in [0.25, 0.3) is 0 Å². The number of halogens is 1. The van der Waals surface area contributed by atoms with E-state index < -0.39 is 0 Å². The van der Waals surface area contributed by atoms with Gasteiger partial charge in [0.25, 0.3) is 0 Å². The SMILES string of the molecule is Cl.Nc1ccc(CC(=O)Nc2nc3c(s2)COCC3)cc1. The first kappa shape index (κ1) is 15.8. The lowest BCUT2D eigenvalue weighted by Crippen LogP contribution is -2.14. The van der Waals surface area contributed by atoms with Crippen LogP contribution in [0.4, 0.5) is 10.8 Å². The van der Waals surface area contributed by atoms with Gasteiger partial charge in [0.1, 0.15) is 0 Å². The van der Waals surface area contributed by atoms with Gasteiger partial charge in [-0.25, -0.2) is 4.98 Å². The quantitative estimate of drug-likeness (QED) is 0.849. The number of ether oxygens (including phenoxy) is 1. The van der Waals surface area contributed by atoms with Gasteiger partial charge in [-0.1, -0.05) is 23.5 Å². The summed E-state index contributed by atoms with van der Waals surface area (Å²) in [4.78, 5) is 17.5. The highest BCUT2D eigenvalue weighted by molar-refractivity contribution is 7.15. The molecule has 3 rings (SSSR count). The summed E-state index contributed by atoms with van der Waals surface area (Å²) in [6.45, 7) is 1.30. The Morgan fingerprint density at radius 2 is 2.14 bits per heavy atom. The lowest BCUT2D eigenvalue weighted by Gasteiger charge is -2.08. The van der Waals surface area contributed by atoms with Gasteiger partial charge in [0.2, 0.25) is 5.91 Å². The van der Waals surface area contributed by atoms with Crippen LogP contribution < -0.4 is 11.1 Å². The van der Waals surface area contributed by atoms with E-state index in [1.807, 2.05) is 12.1 Å². The van der Waals surface area contributed by atoms with E-state index in [0.717, 1.165) is 22.6 Å². The van der Waals surface area contributed by atoms with E-state index in [0.29, 0.717) is 30.5 Å². The van der Waals surface area contributed by atoms with Crippen LogP contribution in [0.1, 0.15) is 16.1 Å². The van der Waals surface area contributed by atoms with Crippen molar-refractivity contribution in [3.05, 3.63) is 40.4 Å². The molecule has 2 heterocycles. The third-order valence-corrected chi connectivity index (χ3v) is 4.07. The second-order valence-electron chi connectivity index (χ2n) is 4.66. The molecule has 112 valence electrons. The molecule has 0 saturated heterocycles. The third kappa shape index (κ3) is 3.93. The number of nitrogen functional groups attached to an aromatic ring is 1. The minimum Gasteiger partial charge on any atom is -0.399 e. The molecule has 1 aliphatic heterocycles. The van der Waals surface area contributed by atoms with Crippen molar-refractivity contribution >= 4 is 40.5 Å². The molecule has 2 aromatic rings. The van der Waals surface area contributed by atoms with Gasteiger partial charge in [0.15, 0.2) is 5.13 Å². The maximum Gasteiger partial charge on any atom is 0.230 e. The second-order valence-corrected chi connectivity index (χ2v) is 5.74. The van der Waals surface area contributed by atoms with E-state index in [1.165, 1.54) is 11.3 Å². The van der Waals surface area contributed by atoms with Crippen molar-refractivity contribution in [2.75, 3.05) is 17.7 Å². The molecule has 0 spiro atoms. The average molecular weight is 326 g/mol. The molecule has 1 aromatic heterocycles. The summed E-state index contributed by atoms with van der Waals surface area (Å²) in [7, 11) is 0. The molecule has 0 radical (unpaired) electrons. The van der Waals surface area contributed by atoms with Gasteiger partial charge in [0.05, 0.1) is 30.2 Å². The fourth-order valence-electron chi connectivity index (χ4n) is 2.06. The van der Waals surface area contributed by atoms with Gasteiger partial charge < -0.3 is 15.8 Å². The molecular formula is C14H16ClN3O2S. The highest BCUT2D eigenvalue weighted by atomic mass is 35.5. The number of fused-ring (bicyclic) bond motifs is 1. The first-order chi connectivity index (χ1) is 9.70. The molecular weight excluding hydrogens is 310 g/mol. The van der Waals surface area contributed by atoms with Crippen molar-refractivity contribution in [1.29, 1.82) is 0 Å². The second kappa shape index (κ2) is 6.89. The molecule has 3 N–H and O–H groups in total. The number of amides is 1. The highest BCUT2D eigenvalue weighted by Gasteiger charge is 2.16. The minimum absolute atomic E-state index is 0. The van der Waals surface area contributed by atoms with Crippen LogP contribution in [-0.4, -0.2) is 17.5 Å². The molecule has 5 nitrogen and oxygen atoms in total. The lowest BCUT2D eigenvalue weighted by atomic mass is 10.1. The zero-order chi connectivity index (χ0) is 13.9. The first-order valence-corrected chi connectivity index (χ1v) is 7.23. The molecule has 1 aliphatic rings. The van der Waals surface area contributed by atoms with Crippen LogP contribution in [0.15, 0.2) is 24.3 Å². The Morgan fingerprint density at radius 3 is 2.86 bits per heavy atom. The molecule has 1 aromatic carbocycles. The Kier molecular flexibility index (Phi) is 5.17. The summed E-state index contributed by atoms with van der Waals surface area (Å²) in [5.41, 5.74) is 8.29. The number of nitrogens with two attached hydrogens (primary N) is 1. The summed E-state index contributed by atoms with van der Waals surface area (Å²) in [5.74, 6) is -0.0678. The molecule has 0 atom stereocenters. The number of benzene rings is 1. The number of thiazole rings is 1. The van der Waals surface area contributed by atoms with Crippen molar-refractivity contribution in [2.45, 2.75) is 19.4 Å². The maximum atomic E-state index is 12.0. The monoisotopic (exact) mass is 325 g/mol. The number of nitrogens with one attached hydrogen (secondary N) is 1. The molecule has 0 saturated carbocycles. The summed E-state index contributed by atoms with van der Waals surface area (Å²) < 4.78 is 5.37. The molecule has 21 heavy (non-hydrogen) atoms. The zero-order valence-corrected chi connectivity index (χ0v) is 12.9. The number of hydrogen-bond acceptors (Lipinski definition) is 5. The smallest absolute Gasteiger partial charge is 0.230 e. The number of carbonyl (C=O) groups excluding carboxylic acids is 1. The largest absolute Gasteiger partial charge is 0.399 e. The minimum atomic E-state index is -0.0678. The van der Waals surface area contributed by atoms with Crippen molar-refractivity contribution in [3.8, 4) is 0 Å². The number of hydrogen-bond donors (Lipinski definition) is 2. The molecule has 1 amide bonds. The van der Waals surface area contributed by atoms with Crippen molar-refractivity contribution in [3.63, 3.8) is 0 Å². The number of anilines is 2. The van der Waals surface area contributed by atoms with E-state index in [2.05, 4.69) is 10.3 Å². The predicted molar refractivity (Wildman–Crippen MR) is 85.9 cm³/mol. The average Bonchev–Trinajstić information content (AvgIpc) is 2.83. The first-order valence-electron chi connectivity index (χ1n) is 6.41. The van der Waals surface area contributed by atoms with Crippen LogP contribution >= 0.6 is 23.7 Å². The van der Waals surface area contributed by atoms with E-state index in [1.54, 1.807) is 12.1 Å². The molecule has 0 fully saturated rings. The van der Waals surface area contributed by atoms with Crippen LogP contribution in [0, 0.1) is 0 Å². The van der Waals surface area contributed by atoms with Gasteiger partial charge in [0, 0.05) is 12.1 Å². The maximum absolute atomic E-state index is 12.0. The van der Waals surface area contributed by atoms with E-state index in [4.69, 9.17) is 10.5 Å². The van der Waals surface area contributed by atoms with Crippen molar-refractivity contribution in [2.24, 2.45) is 0 Å². The summed E-state index contributed by atoms with van der Waals surface area (Å²) in [5, 5.41) is 3.50. The molecule has 7 heteroatoms. The Labute approximate surface area is 132 Å². The van der Waals surface area contributed by atoms with Gasteiger partial charge >= 0.3 is 0 Å². The number of nitrogens with zero attached hydrogens (tertiary/aromatic N) is 1. The Hall–Kier alpha value is -1.63. The number of aromatic nitrogens is 1. The Morgan fingerprint density at radius 1 is 1.38 bits per heavy atom. The van der Waals surface area contributed by atoms with Crippen LogP contribution in [0.5, 0.6) is 0 Å². The predicted octanol–water partition coefficient (Wildman–Crippen LogP) is 2.40. The van der Waals surface area contributed by atoms with Gasteiger partial charge in [-0.2, -0.15) is 0 Å². The standard InChI is InChI=1S/C14H15N3O2S.ClH/c15-10-3-1-9(2-4-10)7-13(18)17-14-16-11-5-6-19-8-12(11)20-14;/h1-4H,5-8,15H2,(H,16,17,18);1H. The Bertz CT molecular complexity index is 604. The van der Waals surface area contributed by atoms with Gasteiger partial charge in [-0.3, -0.25) is 4.79 Å². The third-order valence-electron chi connectivity index (χ3n) is 3.09. The molecule has 0 aliphatic carbocycles. The fraction of sp³-hybridized carbons (Fsp3) is 0.286. The number of carbonyl (C=O) groups is 1. The summed E-state index contributed by atoms with van der Waals surface area (Å²) >= 11 is 1.49. The highest BCUT2D eigenvalue weighted by Crippen LogP contribution is 2.27. The summed E-state index contributed by atoms with van der Waals surface area (Å²) in [6.07, 6.45) is 1.14. The van der Waals surface area contributed by atoms with Crippen molar-refractivity contribution < 1.29 is 9.53 Å². The number of rotatable bonds is 3. The van der Waals surface area contributed by atoms with Gasteiger partial charge in [-0.05, 0) is 17.7 Å². The molecule has 0 unspecified atom stereocenters.